The molecule has 1 saturated heterocycles. The average molecular weight is 1040 g/mol. The number of aromatic hydroxyl groups is 2. The van der Waals surface area contributed by atoms with Crippen molar-refractivity contribution in [2.45, 2.75) is 84.5 Å². The summed E-state index contributed by atoms with van der Waals surface area (Å²) in [5.74, 6) is -1.17. The van der Waals surface area contributed by atoms with Crippen molar-refractivity contribution in [1.82, 2.24) is 25.9 Å². The second kappa shape index (κ2) is 23.0. The van der Waals surface area contributed by atoms with E-state index in [1.807, 2.05) is 64.4 Å². The van der Waals surface area contributed by atoms with Crippen molar-refractivity contribution in [2.24, 2.45) is 10.5 Å². The smallest absolute Gasteiger partial charge is 0.271 e. The molecule has 0 bridgehead atoms. The summed E-state index contributed by atoms with van der Waals surface area (Å²) >= 11 is 2.92. The monoisotopic (exact) mass is 1030 g/mol. The third kappa shape index (κ3) is 12.5. The summed E-state index contributed by atoms with van der Waals surface area (Å²) in [5, 5.41) is 41.4. The number of hydrazone groups is 1. The van der Waals surface area contributed by atoms with Crippen LogP contribution in [0.1, 0.15) is 103 Å². The molecule has 1 aliphatic heterocycles. The van der Waals surface area contributed by atoms with Crippen LogP contribution in [0.15, 0.2) is 126 Å². The van der Waals surface area contributed by atoms with Crippen molar-refractivity contribution in [1.29, 1.82) is 0 Å². The van der Waals surface area contributed by atoms with E-state index in [1.165, 1.54) is 34.6 Å². The molecular weight excluding hydrogens is 977 g/mol. The van der Waals surface area contributed by atoms with E-state index in [4.69, 9.17) is 4.74 Å². The van der Waals surface area contributed by atoms with Gasteiger partial charge in [0.2, 0.25) is 17.7 Å². The lowest BCUT2D eigenvalue weighted by molar-refractivity contribution is -0.144. The van der Waals surface area contributed by atoms with Crippen molar-refractivity contribution in [3.8, 4) is 38.1 Å². The molecule has 0 spiro atoms. The highest BCUT2D eigenvalue weighted by Crippen LogP contribution is 2.42. The minimum atomic E-state index is -0.937. The van der Waals surface area contributed by atoms with Crippen LogP contribution in [0.25, 0.3) is 31.0 Å². The number of aromatic nitrogens is 1. The van der Waals surface area contributed by atoms with Crippen LogP contribution in [0.4, 0.5) is 0 Å². The number of hydrogen-bond donors (Lipinski definition) is 6. The number of likely N-dealkylation sites (tertiary alicyclic amines) is 1. The molecule has 8 rings (SSSR count). The van der Waals surface area contributed by atoms with Crippen molar-refractivity contribution < 1.29 is 44.0 Å². The first kappa shape index (κ1) is 52.6. The van der Waals surface area contributed by atoms with Crippen molar-refractivity contribution in [2.75, 3.05) is 13.2 Å². The van der Waals surface area contributed by atoms with E-state index < -0.39 is 35.4 Å². The number of phenols is 2. The molecule has 6 N–H and O–H groups in total. The van der Waals surface area contributed by atoms with Gasteiger partial charge in [-0.05, 0) is 133 Å². The Bertz CT molecular complexity index is 3200. The molecule has 1 aliphatic rings. The molecule has 0 aliphatic carbocycles. The van der Waals surface area contributed by atoms with Gasteiger partial charge in [0.05, 0.1) is 41.0 Å². The van der Waals surface area contributed by atoms with Gasteiger partial charge in [0.25, 0.3) is 5.91 Å². The van der Waals surface area contributed by atoms with Gasteiger partial charge >= 0.3 is 0 Å². The summed E-state index contributed by atoms with van der Waals surface area (Å²) < 4.78 is 6.63. The number of carbonyl (C=O) groups excluding carboxylic acids is 5. The Labute approximate surface area is 437 Å². The molecule has 3 heterocycles. The average Bonchev–Trinajstić information content (AvgIpc) is 4.11. The van der Waals surface area contributed by atoms with Gasteiger partial charge in [-0.15, -0.1) is 22.7 Å². The van der Waals surface area contributed by atoms with E-state index >= 15 is 0 Å². The topological polar surface area (TPSA) is 220 Å². The zero-order valence-electron chi connectivity index (χ0n) is 41.6. The molecule has 4 atom stereocenters. The number of aryl methyl sites for hydroxylation is 1. The SMILES string of the molecule is Cc1ncsc1-c1ccc(C(C)NC(=O)C2CC(O)CN2C(=O)C(NC(=O)CCCCOc2ccc(C=NNC(=O)c3cccc(C(=O)c4c(-c5ccc(O)cc5)sc5cc(O)ccc45)c3)cc2)C(C)(C)C)cc1. The number of nitrogens with zero attached hydrogens (tertiary/aromatic N) is 3. The number of benzene rings is 5. The second-order valence-corrected chi connectivity index (χ2v) is 21.3. The van der Waals surface area contributed by atoms with Crippen molar-refractivity contribution in [3.05, 3.63) is 154 Å². The number of carbonyl (C=O) groups is 5. The molecule has 17 heteroatoms. The number of hydrogen-bond acceptors (Lipinski definition) is 13. The minimum absolute atomic E-state index is 0.0200. The molecule has 1 fully saturated rings. The number of unbranched alkanes of at least 4 members (excludes halogenated alkanes) is 1. The van der Waals surface area contributed by atoms with Gasteiger partial charge in [-0.25, -0.2) is 10.4 Å². The molecule has 2 aromatic heterocycles. The summed E-state index contributed by atoms with van der Waals surface area (Å²) in [6.07, 6.45) is 1.89. The van der Waals surface area contributed by atoms with Crippen molar-refractivity contribution in [3.63, 3.8) is 0 Å². The quantitative estimate of drug-likeness (QED) is 0.0207. The maximum atomic E-state index is 14.1. The van der Waals surface area contributed by atoms with Crippen LogP contribution < -0.4 is 20.8 Å². The first-order chi connectivity index (χ1) is 35.4. The van der Waals surface area contributed by atoms with E-state index in [2.05, 4.69) is 26.1 Å². The minimum Gasteiger partial charge on any atom is -0.508 e. The predicted molar refractivity (Wildman–Crippen MR) is 288 cm³/mol. The summed E-state index contributed by atoms with van der Waals surface area (Å²) in [4.78, 5) is 75.9. The number of ketones is 1. The first-order valence-electron chi connectivity index (χ1n) is 24.3. The van der Waals surface area contributed by atoms with Gasteiger partial charge in [-0.3, -0.25) is 24.0 Å². The lowest BCUT2D eigenvalue weighted by Gasteiger charge is -2.35. The number of fused-ring (bicyclic) bond motifs is 1. The Morgan fingerprint density at radius 2 is 1.54 bits per heavy atom. The van der Waals surface area contributed by atoms with Crippen LogP contribution in [-0.2, 0) is 14.4 Å². The maximum Gasteiger partial charge on any atom is 0.271 e. The molecule has 4 unspecified atom stereocenters. The number of β-amino-alcohol motifs (C(OH)–C–C–N with tert-alkyl or cyclic N) is 1. The van der Waals surface area contributed by atoms with Gasteiger partial charge in [0.1, 0.15) is 29.3 Å². The lowest BCUT2D eigenvalue weighted by atomic mass is 9.85. The van der Waals surface area contributed by atoms with Crippen LogP contribution in [0.5, 0.6) is 17.2 Å². The maximum absolute atomic E-state index is 14.1. The van der Waals surface area contributed by atoms with E-state index in [9.17, 15) is 39.3 Å². The largest absolute Gasteiger partial charge is 0.508 e. The summed E-state index contributed by atoms with van der Waals surface area (Å²) in [6, 6.07) is 30.5. The van der Waals surface area contributed by atoms with Gasteiger partial charge in [0.15, 0.2) is 5.78 Å². The highest BCUT2D eigenvalue weighted by atomic mass is 32.1. The number of thiazole rings is 1. The number of phenolic OH excluding ortho intramolecular Hbond substituents is 2. The summed E-state index contributed by atoms with van der Waals surface area (Å²) in [6.45, 7) is 9.70. The highest BCUT2D eigenvalue weighted by molar-refractivity contribution is 7.22. The van der Waals surface area contributed by atoms with Gasteiger partial charge < -0.3 is 35.6 Å². The summed E-state index contributed by atoms with van der Waals surface area (Å²) in [5.41, 5.74) is 8.88. The molecule has 7 aromatic rings. The fourth-order valence-corrected chi connectivity index (χ4v) is 10.8. The Hall–Kier alpha value is -7.73. The lowest BCUT2D eigenvalue weighted by Crippen LogP contribution is -2.57. The first-order valence-corrected chi connectivity index (χ1v) is 26.0. The molecule has 4 amide bonds. The van der Waals surface area contributed by atoms with E-state index in [0.29, 0.717) is 56.9 Å². The van der Waals surface area contributed by atoms with Crippen LogP contribution in [0, 0.1) is 12.3 Å². The fourth-order valence-electron chi connectivity index (χ4n) is 8.78. The molecule has 0 saturated carbocycles. The highest BCUT2D eigenvalue weighted by Gasteiger charge is 2.44. The molecule has 5 aromatic carbocycles. The van der Waals surface area contributed by atoms with E-state index in [-0.39, 0.29) is 60.1 Å². The number of aliphatic hydroxyl groups excluding tert-OH is 1. The standard InChI is InChI=1S/C57H58N6O9S2/c1-33(36-14-16-37(17-15-36)51-34(2)58-32-73-51)60-55(70)46-28-43(66)31-63(46)56(71)53(57(3,4)5)61-48(67)11-6-7-26-72-44-23-12-35(13-24-44)30-59-62-54(69)40-10-8-9-39(27-40)50(68)49-45-25-22-42(65)29-47(45)74-52(49)38-18-20-41(64)21-19-38/h8-10,12-25,27,29-30,32-33,43,46,53,64-66H,6-7,11,26,28,31H2,1-5H3,(H,60,70)(H,61,67)(H,62,69). The number of nitrogens with one attached hydrogen (secondary N) is 3. The molecular formula is C57H58N6O9S2. The number of rotatable bonds is 18. The number of ether oxygens (including phenoxy) is 1. The van der Waals surface area contributed by atoms with E-state index in [0.717, 1.165) is 27.3 Å². The van der Waals surface area contributed by atoms with Crippen LogP contribution in [0.2, 0.25) is 0 Å². The summed E-state index contributed by atoms with van der Waals surface area (Å²) in [7, 11) is 0. The molecule has 0 radical (unpaired) electrons. The predicted octanol–water partition coefficient (Wildman–Crippen LogP) is 9.33. The van der Waals surface area contributed by atoms with Crippen LogP contribution in [0.3, 0.4) is 0 Å². The fraction of sp³-hybridized carbons (Fsp3) is 0.281. The van der Waals surface area contributed by atoms with Crippen LogP contribution >= 0.6 is 22.7 Å². The Morgan fingerprint density at radius 1 is 0.851 bits per heavy atom. The molecule has 15 nitrogen and oxygen atoms in total. The zero-order valence-corrected chi connectivity index (χ0v) is 43.3. The molecule has 382 valence electrons. The Morgan fingerprint density at radius 3 is 2.24 bits per heavy atom. The Balaban J connectivity index is 0.786. The number of aliphatic hydroxyl groups is 1. The third-order valence-electron chi connectivity index (χ3n) is 12.8. The molecule has 74 heavy (non-hydrogen) atoms. The number of thiophene rings is 1. The zero-order chi connectivity index (χ0) is 52.7. The van der Waals surface area contributed by atoms with Crippen LogP contribution in [-0.4, -0.2) is 92.2 Å². The van der Waals surface area contributed by atoms with Gasteiger partial charge in [0, 0.05) is 51.0 Å². The number of amides is 4. The van der Waals surface area contributed by atoms with Crippen molar-refractivity contribution >= 4 is 68.4 Å². The van der Waals surface area contributed by atoms with E-state index in [1.54, 1.807) is 90.2 Å². The van der Waals surface area contributed by atoms with Gasteiger partial charge in [-0.1, -0.05) is 57.2 Å². The second-order valence-electron chi connectivity index (χ2n) is 19.4. The van der Waals surface area contributed by atoms with Gasteiger partial charge in [-0.2, -0.15) is 5.10 Å². The Kier molecular flexibility index (Phi) is 16.3. The normalized spacial score (nSPS) is 15.5. The third-order valence-corrected chi connectivity index (χ3v) is 15.0.